The third-order valence-corrected chi connectivity index (χ3v) is 4.34. The molecule has 144 valence electrons. The molecule has 0 amide bonds. The van der Waals surface area contributed by atoms with Gasteiger partial charge in [0.25, 0.3) is 0 Å². The van der Waals surface area contributed by atoms with Gasteiger partial charge in [-0.2, -0.15) is 0 Å². The highest BCUT2D eigenvalue weighted by Gasteiger charge is 2.39. The number of aryl methyl sites for hydroxylation is 1. The second-order valence-electron chi connectivity index (χ2n) is 6.44. The Morgan fingerprint density at radius 1 is 1.35 bits per heavy atom. The van der Waals surface area contributed by atoms with Crippen LogP contribution in [0.1, 0.15) is 31.7 Å². The zero-order chi connectivity index (χ0) is 19.0. The predicted octanol–water partition coefficient (Wildman–Crippen LogP) is 1.88. The molecular formula is C19H31N5O2. The molecule has 0 saturated carbocycles. The number of hydrogen-bond acceptors (Lipinski definition) is 7. The number of aliphatic imine (C=N–C) groups is 1. The van der Waals surface area contributed by atoms with Crippen LogP contribution in [0, 0.1) is 6.92 Å². The van der Waals surface area contributed by atoms with Gasteiger partial charge in [0, 0.05) is 6.42 Å². The third-order valence-electron chi connectivity index (χ3n) is 4.34. The smallest absolute Gasteiger partial charge is 0.197 e. The van der Waals surface area contributed by atoms with E-state index in [2.05, 4.69) is 30.7 Å². The van der Waals surface area contributed by atoms with Gasteiger partial charge in [-0.05, 0) is 25.5 Å². The van der Waals surface area contributed by atoms with Gasteiger partial charge in [0.1, 0.15) is 18.1 Å². The first-order chi connectivity index (χ1) is 12.5. The minimum absolute atomic E-state index is 0.311. The van der Waals surface area contributed by atoms with Crippen LogP contribution in [0.15, 0.2) is 41.9 Å². The first kappa shape index (κ1) is 20.2. The molecule has 2 atom stereocenters. The number of nitrogens with zero attached hydrogens (tertiary/aromatic N) is 2. The van der Waals surface area contributed by atoms with Crippen LogP contribution in [0.5, 0.6) is 5.75 Å². The Balaban J connectivity index is 1.79. The van der Waals surface area contributed by atoms with E-state index in [0.29, 0.717) is 25.9 Å². The highest BCUT2D eigenvalue weighted by Crippen LogP contribution is 2.23. The van der Waals surface area contributed by atoms with E-state index in [-0.39, 0.29) is 0 Å². The number of nitrogens with two attached hydrogens (primary N) is 2. The summed E-state index contributed by atoms with van der Waals surface area (Å²) in [7, 11) is 0. The topological polar surface area (TPSA) is 98.1 Å². The van der Waals surface area contributed by atoms with Crippen LogP contribution in [0.2, 0.25) is 0 Å². The molecule has 1 aliphatic rings. The van der Waals surface area contributed by atoms with Gasteiger partial charge in [-0.25, -0.2) is 4.99 Å². The summed E-state index contributed by atoms with van der Waals surface area (Å²) in [6, 6.07) is 8.01. The van der Waals surface area contributed by atoms with Crippen molar-refractivity contribution < 1.29 is 9.47 Å². The molecule has 1 aromatic carbocycles. The van der Waals surface area contributed by atoms with Crippen molar-refractivity contribution >= 4 is 5.96 Å². The fourth-order valence-corrected chi connectivity index (χ4v) is 2.96. The van der Waals surface area contributed by atoms with Crippen LogP contribution in [0.25, 0.3) is 0 Å². The number of ether oxygens (including phenoxy) is 2. The highest BCUT2D eigenvalue weighted by atomic mass is 16.5. The molecule has 2 unspecified atom stereocenters. The molecule has 5 N–H and O–H groups in total. The molecule has 0 radical (unpaired) electrons. The van der Waals surface area contributed by atoms with Crippen molar-refractivity contribution in [2.75, 3.05) is 19.9 Å². The number of nitrogens with one attached hydrogen (secondary N) is 1. The lowest BCUT2D eigenvalue weighted by atomic mass is 10.0. The van der Waals surface area contributed by atoms with Gasteiger partial charge < -0.3 is 15.2 Å². The first-order valence-corrected chi connectivity index (χ1v) is 9.06. The summed E-state index contributed by atoms with van der Waals surface area (Å²) >= 11 is 0. The molecular weight excluding hydrogens is 330 g/mol. The maximum Gasteiger partial charge on any atom is 0.197 e. The van der Waals surface area contributed by atoms with Crippen LogP contribution in [-0.4, -0.2) is 42.8 Å². The molecule has 1 aromatic rings. The number of hydrogen-bond donors (Lipinski definition) is 3. The SMILES string of the molecule is C=CC1(CCC)NC(N)N=C(N)N1COCCCOc1ccc(C)cc1. The molecule has 0 fully saturated rings. The quantitative estimate of drug-likeness (QED) is 0.435. The van der Waals surface area contributed by atoms with Crippen molar-refractivity contribution in [3.63, 3.8) is 0 Å². The second-order valence-corrected chi connectivity index (χ2v) is 6.44. The lowest BCUT2D eigenvalue weighted by molar-refractivity contribution is -0.00393. The minimum atomic E-state index is -0.543. The van der Waals surface area contributed by atoms with Crippen LogP contribution in [0.4, 0.5) is 0 Å². The van der Waals surface area contributed by atoms with E-state index in [9.17, 15) is 0 Å². The fourth-order valence-electron chi connectivity index (χ4n) is 2.96. The summed E-state index contributed by atoms with van der Waals surface area (Å²) in [5.74, 6) is 1.23. The Labute approximate surface area is 156 Å². The lowest BCUT2D eigenvalue weighted by Gasteiger charge is -2.46. The predicted molar refractivity (Wildman–Crippen MR) is 105 cm³/mol. The minimum Gasteiger partial charge on any atom is -0.494 e. The van der Waals surface area contributed by atoms with Crippen LogP contribution in [-0.2, 0) is 4.74 Å². The number of benzene rings is 1. The Hall–Kier alpha value is -2.09. The molecule has 1 aliphatic heterocycles. The Morgan fingerprint density at radius 2 is 2.08 bits per heavy atom. The maximum atomic E-state index is 6.08. The van der Waals surface area contributed by atoms with E-state index in [1.165, 1.54) is 5.56 Å². The summed E-state index contributed by atoms with van der Waals surface area (Å²) in [4.78, 5) is 6.05. The van der Waals surface area contributed by atoms with Crippen molar-refractivity contribution in [2.45, 2.75) is 45.1 Å². The Kier molecular flexibility index (Phi) is 7.44. The standard InChI is InChI=1S/C19H31N5O2/c1-4-11-19(5-2)23-17(20)22-18(21)24(19)14-25-12-6-13-26-16-9-7-15(3)8-10-16/h5,7-10,17,23H,2,4,6,11-14,20H2,1,3H3,(H2,21,22). The van der Waals surface area contributed by atoms with Crippen LogP contribution in [0.3, 0.4) is 0 Å². The maximum absolute atomic E-state index is 6.08. The summed E-state index contributed by atoms with van der Waals surface area (Å²) in [6.07, 6.45) is 3.81. The van der Waals surface area contributed by atoms with Gasteiger partial charge >= 0.3 is 0 Å². The molecule has 26 heavy (non-hydrogen) atoms. The number of rotatable bonds is 10. The average molecular weight is 361 g/mol. The van der Waals surface area contributed by atoms with E-state index in [1.807, 2.05) is 35.2 Å². The van der Waals surface area contributed by atoms with E-state index >= 15 is 0 Å². The van der Waals surface area contributed by atoms with Crippen LogP contribution >= 0.6 is 0 Å². The first-order valence-electron chi connectivity index (χ1n) is 9.06. The Morgan fingerprint density at radius 3 is 2.73 bits per heavy atom. The molecule has 0 spiro atoms. The zero-order valence-electron chi connectivity index (χ0n) is 15.8. The zero-order valence-corrected chi connectivity index (χ0v) is 15.8. The van der Waals surface area contributed by atoms with Crippen molar-refractivity contribution in [3.8, 4) is 5.75 Å². The Bertz CT molecular complexity index is 604. The van der Waals surface area contributed by atoms with Gasteiger partial charge in [0.15, 0.2) is 12.2 Å². The van der Waals surface area contributed by atoms with Gasteiger partial charge in [-0.15, -0.1) is 0 Å². The molecule has 7 nitrogen and oxygen atoms in total. The van der Waals surface area contributed by atoms with Crippen molar-refractivity contribution in [3.05, 3.63) is 42.5 Å². The summed E-state index contributed by atoms with van der Waals surface area (Å²) in [5.41, 5.74) is 12.7. The van der Waals surface area contributed by atoms with E-state index < -0.39 is 12.0 Å². The van der Waals surface area contributed by atoms with E-state index in [1.54, 1.807) is 0 Å². The summed E-state index contributed by atoms with van der Waals surface area (Å²) in [6.45, 7) is 9.56. The van der Waals surface area contributed by atoms with E-state index in [4.69, 9.17) is 20.9 Å². The van der Waals surface area contributed by atoms with Crippen molar-refractivity contribution in [2.24, 2.45) is 16.5 Å². The average Bonchev–Trinajstić information content (AvgIpc) is 2.61. The molecule has 0 aliphatic carbocycles. The highest BCUT2D eigenvalue weighted by molar-refractivity contribution is 5.80. The van der Waals surface area contributed by atoms with Crippen LogP contribution < -0.4 is 21.5 Å². The largest absolute Gasteiger partial charge is 0.494 e. The fraction of sp³-hybridized carbons (Fsp3) is 0.526. The molecule has 1 heterocycles. The molecule has 7 heteroatoms. The molecule has 0 aromatic heterocycles. The number of guanidine groups is 1. The normalized spacial score (nSPS) is 22.8. The third kappa shape index (κ3) is 5.20. The molecule has 0 saturated heterocycles. The van der Waals surface area contributed by atoms with Gasteiger partial charge in [-0.3, -0.25) is 16.0 Å². The summed E-state index contributed by atoms with van der Waals surface area (Å²) in [5, 5.41) is 3.25. The van der Waals surface area contributed by atoms with Gasteiger partial charge in [0.05, 0.1) is 13.2 Å². The van der Waals surface area contributed by atoms with Crippen molar-refractivity contribution in [1.29, 1.82) is 0 Å². The lowest BCUT2D eigenvalue weighted by Crippen LogP contribution is -2.69. The second kappa shape index (κ2) is 9.56. The van der Waals surface area contributed by atoms with Gasteiger partial charge in [-0.1, -0.05) is 43.7 Å². The van der Waals surface area contributed by atoms with Gasteiger partial charge in [0.2, 0.25) is 0 Å². The summed E-state index contributed by atoms with van der Waals surface area (Å²) < 4.78 is 11.5. The van der Waals surface area contributed by atoms with Crippen molar-refractivity contribution in [1.82, 2.24) is 10.2 Å². The molecule has 2 rings (SSSR count). The monoisotopic (exact) mass is 361 g/mol. The molecule has 0 bridgehead atoms. The van der Waals surface area contributed by atoms with E-state index in [0.717, 1.165) is 25.0 Å².